The highest BCUT2D eigenvalue weighted by Crippen LogP contribution is 2.40. The van der Waals surface area contributed by atoms with Gasteiger partial charge in [-0.15, -0.1) is 0 Å². The zero-order chi connectivity index (χ0) is 15.4. The Morgan fingerprint density at radius 2 is 2.10 bits per heavy atom. The van der Waals surface area contributed by atoms with Crippen LogP contribution in [0.4, 0.5) is 11.4 Å². The van der Waals surface area contributed by atoms with E-state index in [4.69, 9.17) is 0 Å². The van der Waals surface area contributed by atoms with E-state index in [0.29, 0.717) is 0 Å². The molecule has 0 saturated carbocycles. The van der Waals surface area contributed by atoms with Crippen LogP contribution in [0.25, 0.3) is 0 Å². The van der Waals surface area contributed by atoms with Crippen molar-refractivity contribution in [3.05, 3.63) is 33.9 Å². The molecule has 2 atom stereocenters. The lowest BCUT2D eigenvalue weighted by Crippen LogP contribution is -2.19. The van der Waals surface area contributed by atoms with Crippen LogP contribution in [0.2, 0.25) is 0 Å². The lowest BCUT2D eigenvalue weighted by molar-refractivity contribution is -0.384. The van der Waals surface area contributed by atoms with Crippen LogP contribution in [0.3, 0.4) is 0 Å². The molecular weight excluding hydrogens is 268 g/mol. The van der Waals surface area contributed by atoms with Crippen LogP contribution in [-0.2, 0) is 4.79 Å². The molecule has 1 heterocycles. The third-order valence-electron chi connectivity index (χ3n) is 4.20. The van der Waals surface area contributed by atoms with Gasteiger partial charge in [0.05, 0.1) is 10.8 Å². The van der Waals surface area contributed by atoms with Crippen molar-refractivity contribution in [3.8, 4) is 0 Å². The molecule has 0 aliphatic carbocycles. The van der Waals surface area contributed by atoms with Crippen LogP contribution in [0.1, 0.15) is 57.4 Å². The maximum absolute atomic E-state index is 12.2. The molecule has 2 rings (SSSR count). The minimum atomic E-state index is -0.411. The Balaban J connectivity index is 2.12. The van der Waals surface area contributed by atoms with Crippen molar-refractivity contribution in [2.75, 3.05) is 5.32 Å². The quantitative estimate of drug-likeness (QED) is 0.464. The summed E-state index contributed by atoms with van der Waals surface area (Å²) in [6, 6.07) is 4.61. The fourth-order valence-corrected chi connectivity index (χ4v) is 3.01. The van der Waals surface area contributed by atoms with E-state index in [-0.39, 0.29) is 23.4 Å². The maximum atomic E-state index is 12.2. The second-order valence-electron chi connectivity index (χ2n) is 5.82. The number of unbranched alkanes of at least 4 members (excludes halogenated alkanes) is 3. The number of amides is 1. The molecule has 114 valence electrons. The highest BCUT2D eigenvalue weighted by atomic mass is 16.6. The van der Waals surface area contributed by atoms with Gasteiger partial charge >= 0.3 is 0 Å². The molecule has 0 saturated heterocycles. The number of nitro benzene ring substituents is 1. The van der Waals surface area contributed by atoms with Gasteiger partial charge in [-0.1, -0.05) is 39.5 Å². The van der Waals surface area contributed by atoms with Gasteiger partial charge in [-0.2, -0.15) is 0 Å². The summed E-state index contributed by atoms with van der Waals surface area (Å²) in [5.74, 6) is -0.0971. The van der Waals surface area contributed by atoms with Gasteiger partial charge in [0, 0.05) is 17.8 Å². The lowest BCUT2D eigenvalue weighted by Gasteiger charge is -2.17. The van der Waals surface area contributed by atoms with Crippen LogP contribution in [-0.4, -0.2) is 10.8 Å². The third-order valence-corrected chi connectivity index (χ3v) is 4.20. The summed E-state index contributed by atoms with van der Waals surface area (Å²) in [6.07, 6.45) is 5.65. The van der Waals surface area contributed by atoms with E-state index in [2.05, 4.69) is 19.2 Å². The Kier molecular flexibility index (Phi) is 4.94. The average molecular weight is 290 g/mol. The minimum Gasteiger partial charge on any atom is -0.325 e. The maximum Gasteiger partial charge on any atom is 0.269 e. The van der Waals surface area contributed by atoms with Crippen molar-refractivity contribution in [2.24, 2.45) is 5.92 Å². The number of fused-ring (bicyclic) bond motifs is 1. The third kappa shape index (κ3) is 3.40. The molecular formula is C16H22N2O3. The number of carbonyl (C=O) groups is 1. The van der Waals surface area contributed by atoms with Crippen LogP contribution >= 0.6 is 0 Å². The number of carbonyl (C=O) groups excluding carboxylic acids is 1. The Labute approximate surface area is 124 Å². The monoisotopic (exact) mass is 290 g/mol. The van der Waals surface area contributed by atoms with E-state index in [1.165, 1.54) is 25.3 Å². The van der Waals surface area contributed by atoms with Gasteiger partial charge in [0.25, 0.3) is 5.69 Å². The first-order valence-electron chi connectivity index (χ1n) is 7.63. The first-order chi connectivity index (χ1) is 10.0. The summed E-state index contributed by atoms with van der Waals surface area (Å²) in [5, 5.41) is 13.7. The molecule has 1 amide bonds. The van der Waals surface area contributed by atoms with E-state index >= 15 is 0 Å². The van der Waals surface area contributed by atoms with Gasteiger partial charge in [0.15, 0.2) is 0 Å². The van der Waals surface area contributed by atoms with Gasteiger partial charge in [-0.25, -0.2) is 0 Å². The molecule has 1 aliphatic heterocycles. The van der Waals surface area contributed by atoms with Crippen molar-refractivity contribution in [2.45, 2.75) is 51.9 Å². The second-order valence-corrected chi connectivity index (χ2v) is 5.82. The highest BCUT2D eigenvalue weighted by molar-refractivity contribution is 6.03. The SMILES string of the molecule is CCCCCCC(C)C1C(=O)Nc2ccc([N+](=O)[O-])cc21. The van der Waals surface area contributed by atoms with Crippen molar-refractivity contribution in [3.63, 3.8) is 0 Å². The molecule has 1 aliphatic rings. The molecule has 0 radical (unpaired) electrons. The standard InChI is InChI=1S/C16H22N2O3/c1-3-4-5-6-7-11(2)15-13-10-12(18(20)21)8-9-14(13)17-16(15)19/h8-11,15H,3-7H2,1-2H3,(H,17,19). The van der Waals surface area contributed by atoms with E-state index in [0.717, 1.165) is 24.1 Å². The zero-order valence-corrected chi connectivity index (χ0v) is 12.6. The van der Waals surface area contributed by atoms with Crippen molar-refractivity contribution in [1.29, 1.82) is 0 Å². The number of nitrogens with zero attached hydrogens (tertiary/aromatic N) is 1. The van der Waals surface area contributed by atoms with Crippen LogP contribution in [0.15, 0.2) is 18.2 Å². The molecule has 1 aromatic carbocycles. The summed E-state index contributed by atoms with van der Waals surface area (Å²) in [5.41, 5.74) is 1.54. The number of nitrogens with one attached hydrogen (secondary N) is 1. The van der Waals surface area contributed by atoms with Crippen molar-refractivity contribution in [1.82, 2.24) is 0 Å². The molecule has 5 nitrogen and oxygen atoms in total. The minimum absolute atomic E-state index is 0.0338. The highest BCUT2D eigenvalue weighted by Gasteiger charge is 2.35. The molecule has 0 fully saturated rings. The van der Waals surface area contributed by atoms with E-state index in [1.54, 1.807) is 12.1 Å². The summed E-state index contributed by atoms with van der Waals surface area (Å²) in [4.78, 5) is 22.7. The molecule has 0 aromatic heterocycles. The molecule has 1 N–H and O–H groups in total. The lowest BCUT2D eigenvalue weighted by atomic mass is 9.84. The Morgan fingerprint density at radius 1 is 1.33 bits per heavy atom. The van der Waals surface area contributed by atoms with Crippen molar-refractivity contribution < 1.29 is 9.72 Å². The van der Waals surface area contributed by atoms with Crippen molar-refractivity contribution >= 4 is 17.3 Å². The smallest absolute Gasteiger partial charge is 0.269 e. The molecule has 21 heavy (non-hydrogen) atoms. The number of benzene rings is 1. The fourth-order valence-electron chi connectivity index (χ4n) is 3.01. The molecule has 0 spiro atoms. The first kappa shape index (κ1) is 15.5. The Bertz CT molecular complexity index is 542. The first-order valence-corrected chi connectivity index (χ1v) is 7.63. The normalized spacial score (nSPS) is 18.2. The number of hydrogen-bond donors (Lipinski definition) is 1. The van der Waals surface area contributed by atoms with Crippen LogP contribution < -0.4 is 5.32 Å². The molecule has 1 aromatic rings. The largest absolute Gasteiger partial charge is 0.325 e. The van der Waals surface area contributed by atoms with Gasteiger partial charge < -0.3 is 5.32 Å². The van der Waals surface area contributed by atoms with E-state index in [9.17, 15) is 14.9 Å². The Morgan fingerprint density at radius 3 is 2.76 bits per heavy atom. The fraction of sp³-hybridized carbons (Fsp3) is 0.562. The predicted molar refractivity (Wildman–Crippen MR) is 82.4 cm³/mol. The summed E-state index contributed by atoms with van der Waals surface area (Å²) < 4.78 is 0. The second kappa shape index (κ2) is 6.70. The topological polar surface area (TPSA) is 72.2 Å². The van der Waals surface area contributed by atoms with Crippen LogP contribution in [0, 0.1) is 16.0 Å². The number of rotatable bonds is 7. The zero-order valence-electron chi connectivity index (χ0n) is 12.6. The van der Waals surface area contributed by atoms with Crippen LogP contribution in [0.5, 0.6) is 0 Å². The van der Waals surface area contributed by atoms with E-state index in [1.807, 2.05) is 0 Å². The van der Waals surface area contributed by atoms with Gasteiger partial charge in [-0.3, -0.25) is 14.9 Å². The average Bonchev–Trinajstić information content (AvgIpc) is 2.78. The predicted octanol–water partition coefficient (Wildman–Crippen LogP) is 4.24. The number of hydrogen-bond acceptors (Lipinski definition) is 3. The summed E-state index contributed by atoms with van der Waals surface area (Å²) >= 11 is 0. The summed E-state index contributed by atoms with van der Waals surface area (Å²) in [7, 11) is 0. The number of non-ortho nitro benzene ring substituents is 1. The molecule has 0 bridgehead atoms. The number of anilines is 1. The Hall–Kier alpha value is -1.91. The van der Waals surface area contributed by atoms with Gasteiger partial charge in [-0.05, 0) is 24.0 Å². The molecule has 5 heteroatoms. The van der Waals surface area contributed by atoms with Gasteiger partial charge in [0.1, 0.15) is 0 Å². The molecule has 2 unspecified atom stereocenters. The summed E-state index contributed by atoms with van der Waals surface area (Å²) in [6.45, 7) is 4.23. The van der Waals surface area contributed by atoms with E-state index < -0.39 is 4.92 Å². The number of nitro groups is 1. The van der Waals surface area contributed by atoms with Gasteiger partial charge in [0.2, 0.25) is 5.91 Å².